The Bertz CT molecular complexity index is 1050. The van der Waals surface area contributed by atoms with Crippen LogP contribution in [-0.4, -0.2) is 10.1 Å². The maximum absolute atomic E-state index is 13.3. The summed E-state index contributed by atoms with van der Waals surface area (Å²) in [5.41, 5.74) is 3.07. The summed E-state index contributed by atoms with van der Waals surface area (Å²) in [6, 6.07) is 16.6. The molecule has 6 heteroatoms. The maximum Gasteiger partial charge on any atom is 0.238 e. The van der Waals surface area contributed by atoms with Crippen molar-refractivity contribution in [2.45, 2.75) is 20.0 Å². The number of thiocarbonyl (C=S) groups is 1. The number of aromatic nitrogens is 1. The van der Waals surface area contributed by atoms with Gasteiger partial charge in [-0.2, -0.15) is 4.57 Å². The van der Waals surface area contributed by atoms with Crippen LogP contribution in [0.2, 0.25) is 0 Å². The first-order valence-corrected chi connectivity index (χ1v) is 9.61. The van der Waals surface area contributed by atoms with Gasteiger partial charge in [-0.3, -0.25) is 0 Å². The van der Waals surface area contributed by atoms with Crippen molar-refractivity contribution in [2.24, 2.45) is 0 Å². The van der Waals surface area contributed by atoms with Crippen LogP contribution in [0.1, 0.15) is 23.6 Å². The van der Waals surface area contributed by atoms with Gasteiger partial charge >= 0.3 is 0 Å². The zero-order valence-electron chi connectivity index (χ0n) is 15.9. The van der Waals surface area contributed by atoms with Crippen molar-refractivity contribution in [3.63, 3.8) is 0 Å². The summed E-state index contributed by atoms with van der Waals surface area (Å²) >= 11 is 5.57. The molecule has 0 bridgehead atoms. The molecule has 0 saturated carbocycles. The fraction of sp³-hybridized carbons (Fsp3) is 0.130. The van der Waals surface area contributed by atoms with E-state index in [0.29, 0.717) is 11.1 Å². The molecule has 0 spiro atoms. The molecule has 0 saturated heterocycles. The van der Waals surface area contributed by atoms with E-state index < -0.39 is 5.82 Å². The summed E-state index contributed by atoms with van der Waals surface area (Å²) in [7, 11) is 0. The Morgan fingerprint density at radius 3 is 2.52 bits per heavy atom. The predicted octanol–water partition coefficient (Wildman–Crippen LogP) is 3.29. The Hall–Kier alpha value is -3.09. The lowest BCUT2D eigenvalue weighted by molar-refractivity contribution is -0.578. The lowest BCUT2D eigenvalue weighted by Crippen LogP contribution is -2.40. The van der Waals surface area contributed by atoms with Gasteiger partial charge in [0.05, 0.1) is 6.61 Å². The van der Waals surface area contributed by atoms with E-state index in [2.05, 4.69) is 12.2 Å². The van der Waals surface area contributed by atoms with E-state index in [0.717, 1.165) is 17.7 Å². The van der Waals surface area contributed by atoms with Crippen LogP contribution >= 0.6 is 12.2 Å². The summed E-state index contributed by atoms with van der Waals surface area (Å²) in [6.07, 6.45) is 4.21. The Balaban J connectivity index is 2.07. The van der Waals surface area contributed by atoms with E-state index in [4.69, 9.17) is 12.2 Å². The van der Waals surface area contributed by atoms with Gasteiger partial charge < -0.3 is 15.5 Å². The van der Waals surface area contributed by atoms with Gasteiger partial charge in [0.1, 0.15) is 5.82 Å². The fourth-order valence-corrected chi connectivity index (χ4v) is 3.21. The average molecular weight is 408 g/mol. The van der Waals surface area contributed by atoms with Crippen molar-refractivity contribution in [1.82, 2.24) is 0 Å². The zero-order valence-corrected chi connectivity index (χ0v) is 16.7. The number of pyridine rings is 1. The molecule has 0 radical (unpaired) electrons. The number of halogens is 1. The van der Waals surface area contributed by atoms with Crippen molar-refractivity contribution >= 4 is 34.3 Å². The van der Waals surface area contributed by atoms with Crippen molar-refractivity contribution < 1.29 is 19.2 Å². The van der Waals surface area contributed by atoms with E-state index in [1.165, 1.54) is 24.3 Å². The molecule has 2 N–H and O–H groups in total. The number of aliphatic hydroxyl groups excluding tert-OH is 1. The number of aliphatic hydroxyl groups is 1. The highest BCUT2D eigenvalue weighted by Crippen LogP contribution is 2.18. The predicted molar refractivity (Wildman–Crippen MR) is 114 cm³/mol. The Morgan fingerprint density at radius 2 is 1.83 bits per heavy atom. The van der Waals surface area contributed by atoms with E-state index in [1.54, 1.807) is 29.1 Å². The number of hydrogen-bond donors (Lipinski definition) is 2. The first-order chi connectivity index (χ1) is 14.0. The first kappa shape index (κ1) is 20.6. The zero-order chi connectivity index (χ0) is 20.8. The SMILES string of the molecule is CCc1cccc(NC(=S)C(=C([O-])c2ccc(F)cc2)[n+]2cccc(CO)c2)c1. The van der Waals surface area contributed by atoms with Gasteiger partial charge in [-0.25, -0.2) is 4.39 Å². The monoisotopic (exact) mass is 408 g/mol. The van der Waals surface area contributed by atoms with Gasteiger partial charge in [-0.1, -0.05) is 43.4 Å². The van der Waals surface area contributed by atoms with Crippen LogP contribution in [0.3, 0.4) is 0 Å². The van der Waals surface area contributed by atoms with Gasteiger partial charge in [0, 0.05) is 17.3 Å². The Morgan fingerprint density at radius 1 is 1.10 bits per heavy atom. The smallest absolute Gasteiger partial charge is 0.238 e. The van der Waals surface area contributed by atoms with Crippen LogP contribution in [-0.2, 0) is 13.0 Å². The van der Waals surface area contributed by atoms with Gasteiger partial charge in [0.25, 0.3) is 0 Å². The quantitative estimate of drug-likeness (QED) is 0.284. The second kappa shape index (κ2) is 9.41. The Kier molecular flexibility index (Phi) is 6.69. The van der Waals surface area contributed by atoms with E-state index >= 15 is 0 Å². The largest absolute Gasteiger partial charge is 0.867 e. The molecule has 0 unspecified atom stereocenters. The van der Waals surface area contributed by atoms with Crippen molar-refractivity contribution in [3.8, 4) is 0 Å². The molecular weight excluding hydrogens is 387 g/mol. The van der Waals surface area contributed by atoms with E-state index in [-0.39, 0.29) is 23.1 Å². The molecule has 1 heterocycles. The Labute approximate surface area is 174 Å². The molecule has 0 atom stereocenters. The molecule has 0 aliphatic rings. The molecule has 3 rings (SSSR count). The third-order valence-corrected chi connectivity index (χ3v) is 4.73. The fourth-order valence-electron chi connectivity index (χ4n) is 2.89. The van der Waals surface area contributed by atoms with E-state index in [1.807, 2.05) is 24.3 Å². The lowest BCUT2D eigenvalue weighted by Gasteiger charge is -2.17. The van der Waals surface area contributed by atoms with Crippen LogP contribution in [0.15, 0.2) is 73.1 Å². The van der Waals surface area contributed by atoms with Gasteiger partial charge in [-0.15, -0.1) is 0 Å². The topological polar surface area (TPSA) is 59.2 Å². The summed E-state index contributed by atoms with van der Waals surface area (Å²) in [5, 5.41) is 25.8. The number of nitrogens with zero attached hydrogens (tertiary/aromatic N) is 1. The number of rotatable bonds is 6. The molecule has 0 fully saturated rings. The molecule has 4 nitrogen and oxygen atoms in total. The molecule has 3 aromatic rings. The van der Waals surface area contributed by atoms with Crippen LogP contribution in [0.25, 0.3) is 11.5 Å². The van der Waals surface area contributed by atoms with Crippen LogP contribution < -0.4 is 15.0 Å². The van der Waals surface area contributed by atoms with Gasteiger partial charge in [-0.05, 0) is 53.6 Å². The highest BCUT2D eigenvalue weighted by molar-refractivity contribution is 7.81. The molecule has 2 aromatic carbocycles. The van der Waals surface area contributed by atoms with Crippen molar-refractivity contribution in [1.29, 1.82) is 0 Å². The van der Waals surface area contributed by atoms with Crippen molar-refractivity contribution in [3.05, 3.63) is 95.6 Å². The third kappa shape index (κ3) is 5.04. The number of nitrogens with one attached hydrogen (secondary N) is 1. The standard InChI is InChI=1S/C23H21FN2O2S/c1-2-16-5-3-7-20(13-16)25-23(29)21(26-12-4-6-17(14-26)15-27)22(28)18-8-10-19(24)11-9-18/h3-14,27H,2,15H2,1H3,(H-,25,28,29). The highest BCUT2D eigenvalue weighted by atomic mass is 32.1. The third-order valence-electron chi connectivity index (χ3n) is 4.43. The van der Waals surface area contributed by atoms with Crippen LogP contribution in [0.5, 0.6) is 0 Å². The lowest BCUT2D eigenvalue weighted by atomic mass is 10.1. The molecule has 29 heavy (non-hydrogen) atoms. The summed E-state index contributed by atoms with van der Waals surface area (Å²) in [4.78, 5) is 0.229. The summed E-state index contributed by atoms with van der Waals surface area (Å²) in [5.74, 6) is -0.774. The van der Waals surface area contributed by atoms with E-state index in [9.17, 15) is 14.6 Å². The number of hydrogen-bond acceptors (Lipinski definition) is 3. The number of benzene rings is 2. The second-order valence-corrected chi connectivity index (χ2v) is 6.88. The minimum atomic E-state index is -0.421. The normalized spacial score (nSPS) is 11.7. The average Bonchev–Trinajstić information content (AvgIpc) is 2.74. The molecule has 148 valence electrons. The molecule has 0 aliphatic heterocycles. The first-order valence-electron chi connectivity index (χ1n) is 9.20. The highest BCUT2D eigenvalue weighted by Gasteiger charge is 2.19. The maximum atomic E-state index is 13.3. The number of anilines is 1. The van der Waals surface area contributed by atoms with Crippen molar-refractivity contribution in [2.75, 3.05) is 5.32 Å². The molecule has 0 amide bonds. The summed E-state index contributed by atoms with van der Waals surface area (Å²) < 4.78 is 14.9. The van der Waals surface area contributed by atoms with Gasteiger partial charge in [0.2, 0.25) is 5.70 Å². The number of aryl methyl sites for hydroxylation is 1. The molecule has 1 aromatic heterocycles. The van der Waals surface area contributed by atoms with Crippen LogP contribution in [0.4, 0.5) is 10.1 Å². The second-order valence-electron chi connectivity index (χ2n) is 6.47. The minimum absolute atomic E-state index is 0.169. The minimum Gasteiger partial charge on any atom is -0.867 e. The summed E-state index contributed by atoms with van der Waals surface area (Å²) in [6.45, 7) is 1.89. The van der Waals surface area contributed by atoms with Gasteiger partial charge in [0.15, 0.2) is 17.4 Å². The van der Waals surface area contributed by atoms with Crippen LogP contribution in [0, 0.1) is 5.82 Å². The molecule has 0 aliphatic carbocycles. The molecular formula is C23H21FN2O2S.